The fourth-order valence-electron chi connectivity index (χ4n) is 3.62. The summed E-state index contributed by atoms with van der Waals surface area (Å²) < 4.78 is 0. The molecule has 22 heavy (non-hydrogen) atoms. The van der Waals surface area contributed by atoms with Crippen LogP contribution >= 0.6 is 0 Å². The Morgan fingerprint density at radius 3 is 2.64 bits per heavy atom. The number of carbonyl (C=O) groups excluding carboxylic acids is 1. The Balaban J connectivity index is 1.87. The minimum absolute atomic E-state index is 0.0642. The normalized spacial score (nSPS) is 22.2. The molecule has 0 aromatic carbocycles. The molecule has 2 fully saturated rings. The molecule has 2 saturated heterocycles. The molecule has 0 N–H and O–H groups in total. The molecule has 0 saturated carbocycles. The minimum Gasteiger partial charge on any atom is -0.354 e. The van der Waals surface area contributed by atoms with Gasteiger partial charge >= 0.3 is 0 Å². The quantitative estimate of drug-likeness (QED) is 0.861. The van der Waals surface area contributed by atoms with Gasteiger partial charge in [0, 0.05) is 31.7 Å². The van der Waals surface area contributed by atoms with Crippen LogP contribution in [0.1, 0.15) is 61.8 Å². The highest BCUT2D eigenvalue weighted by Gasteiger charge is 2.25. The Labute approximate surface area is 132 Å². The molecular formula is C17H26N4O. The number of rotatable bonds is 3. The average Bonchev–Trinajstić information content (AvgIpc) is 3.08. The van der Waals surface area contributed by atoms with Crippen molar-refractivity contribution in [1.82, 2.24) is 14.9 Å². The van der Waals surface area contributed by atoms with E-state index in [2.05, 4.69) is 21.8 Å². The Bertz CT molecular complexity index is 539. The Kier molecular flexibility index (Phi) is 4.60. The van der Waals surface area contributed by atoms with Crippen molar-refractivity contribution >= 4 is 11.7 Å². The first-order valence-corrected chi connectivity index (χ1v) is 8.60. The standard InChI is InChI=1S/C17H26N4O/c1-3-14-8-4-5-11-21(14)16-12-15(18-13(2)19-16)17(22)20-9-6-7-10-20/h12,14H,3-11H2,1-2H3. The first kappa shape index (κ1) is 15.3. The highest BCUT2D eigenvalue weighted by atomic mass is 16.2. The van der Waals surface area contributed by atoms with Gasteiger partial charge in [0.1, 0.15) is 17.3 Å². The van der Waals surface area contributed by atoms with Crippen molar-refractivity contribution < 1.29 is 4.79 Å². The van der Waals surface area contributed by atoms with Crippen molar-refractivity contribution in [3.63, 3.8) is 0 Å². The largest absolute Gasteiger partial charge is 0.354 e. The number of likely N-dealkylation sites (tertiary alicyclic amines) is 1. The van der Waals surface area contributed by atoms with Crippen LogP contribution in [0.3, 0.4) is 0 Å². The highest BCUT2D eigenvalue weighted by molar-refractivity contribution is 5.93. The number of hydrogen-bond donors (Lipinski definition) is 0. The van der Waals surface area contributed by atoms with Gasteiger partial charge in [-0.15, -0.1) is 0 Å². The van der Waals surface area contributed by atoms with E-state index in [0.29, 0.717) is 17.6 Å². The van der Waals surface area contributed by atoms with Crippen molar-refractivity contribution in [1.29, 1.82) is 0 Å². The molecule has 2 aliphatic rings. The number of aromatic nitrogens is 2. The van der Waals surface area contributed by atoms with E-state index in [9.17, 15) is 4.79 Å². The lowest BCUT2D eigenvalue weighted by atomic mass is 10.00. The monoisotopic (exact) mass is 302 g/mol. The van der Waals surface area contributed by atoms with Crippen molar-refractivity contribution in [3.05, 3.63) is 17.6 Å². The van der Waals surface area contributed by atoms with Crippen LogP contribution in [-0.4, -0.2) is 46.5 Å². The molecule has 2 aliphatic heterocycles. The smallest absolute Gasteiger partial charge is 0.272 e. The summed E-state index contributed by atoms with van der Waals surface area (Å²) in [5.41, 5.74) is 0.560. The second kappa shape index (κ2) is 6.63. The fourth-order valence-corrected chi connectivity index (χ4v) is 3.62. The predicted octanol–water partition coefficient (Wildman–Crippen LogP) is 2.79. The van der Waals surface area contributed by atoms with Crippen molar-refractivity contribution in [3.8, 4) is 0 Å². The van der Waals surface area contributed by atoms with E-state index in [1.54, 1.807) is 0 Å². The van der Waals surface area contributed by atoms with Crippen LogP contribution in [0, 0.1) is 6.92 Å². The number of anilines is 1. The van der Waals surface area contributed by atoms with Crippen molar-refractivity contribution in [2.24, 2.45) is 0 Å². The van der Waals surface area contributed by atoms with Crippen LogP contribution < -0.4 is 4.90 Å². The van der Waals surface area contributed by atoms with E-state index in [1.807, 2.05) is 17.9 Å². The van der Waals surface area contributed by atoms with Crippen LogP contribution in [0.2, 0.25) is 0 Å². The van der Waals surface area contributed by atoms with Gasteiger partial charge in [0.25, 0.3) is 5.91 Å². The lowest BCUT2D eigenvalue weighted by Crippen LogP contribution is -2.40. The zero-order chi connectivity index (χ0) is 15.5. The third kappa shape index (κ3) is 3.08. The fraction of sp³-hybridized carbons (Fsp3) is 0.706. The molecule has 3 rings (SSSR count). The number of aryl methyl sites for hydroxylation is 1. The number of hydrogen-bond acceptors (Lipinski definition) is 4. The maximum absolute atomic E-state index is 12.6. The van der Waals surface area contributed by atoms with Gasteiger partial charge in [-0.05, 0) is 45.4 Å². The van der Waals surface area contributed by atoms with Crippen LogP contribution in [0.15, 0.2) is 6.07 Å². The van der Waals surface area contributed by atoms with Crippen LogP contribution in [0.25, 0.3) is 0 Å². The van der Waals surface area contributed by atoms with Gasteiger partial charge in [-0.1, -0.05) is 6.92 Å². The molecule has 0 bridgehead atoms. The van der Waals surface area contributed by atoms with E-state index < -0.39 is 0 Å². The van der Waals surface area contributed by atoms with Crippen LogP contribution in [0.4, 0.5) is 5.82 Å². The molecule has 3 heterocycles. The molecule has 1 atom stereocenters. The molecule has 0 aliphatic carbocycles. The Hall–Kier alpha value is -1.65. The van der Waals surface area contributed by atoms with E-state index in [1.165, 1.54) is 19.3 Å². The third-order valence-corrected chi connectivity index (χ3v) is 4.83. The molecular weight excluding hydrogens is 276 g/mol. The van der Waals surface area contributed by atoms with Crippen molar-refractivity contribution in [2.75, 3.05) is 24.5 Å². The molecule has 0 spiro atoms. The highest BCUT2D eigenvalue weighted by Crippen LogP contribution is 2.26. The molecule has 120 valence electrons. The van der Waals surface area contributed by atoms with Gasteiger partial charge in [-0.25, -0.2) is 9.97 Å². The molecule has 1 aromatic rings. The topological polar surface area (TPSA) is 49.3 Å². The van der Waals surface area contributed by atoms with Gasteiger partial charge in [0.15, 0.2) is 0 Å². The van der Waals surface area contributed by atoms with E-state index in [4.69, 9.17) is 0 Å². The summed E-state index contributed by atoms with van der Waals surface area (Å²) in [5, 5.41) is 0. The lowest BCUT2D eigenvalue weighted by molar-refractivity contribution is 0.0786. The molecule has 5 nitrogen and oxygen atoms in total. The van der Waals surface area contributed by atoms with E-state index in [-0.39, 0.29) is 5.91 Å². The summed E-state index contributed by atoms with van der Waals surface area (Å²) in [5.74, 6) is 1.69. The molecule has 0 radical (unpaired) electrons. The summed E-state index contributed by atoms with van der Waals surface area (Å²) in [6, 6.07) is 2.44. The van der Waals surface area contributed by atoms with Gasteiger partial charge in [0.2, 0.25) is 0 Å². The van der Waals surface area contributed by atoms with Gasteiger partial charge in [-0.2, -0.15) is 0 Å². The first-order valence-electron chi connectivity index (χ1n) is 8.60. The van der Waals surface area contributed by atoms with Crippen molar-refractivity contribution in [2.45, 2.75) is 58.4 Å². The van der Waals surface area contributed by atoms with Gasteiger partial charge in [0.05, 0.1) is 0 Å². The Morgan fingerprint density at radius 1 is 1.18 bits per heavy atom. The first-order chi connectivity index (χ1) is 10.7. The maximum atomic E-state index is 12.6. The predicted molar refractivity (Wildman–Crippen MR) is 87.2 cm³/mol. The summed E-state index contributed by atoms with van der Waals surface area (Å²) in [6.45, 7) is 6.87. The maximum Gasteiger partial charge on any atom is 0.272 e. The zero-order valence-corrected chi connectivity index (χ0v) is 13.7. The van der Waals surface area contributed by atoms with Gasteiger partial charge in [-0.3, -0.25) is 4.79 Å². The van der Waals surface area contributed by atoms with E-state index >= 15 is 0 Å². The van der Waals surface area contributed by atoms with Crippen LogP contribution in [-0.2, 0) is 0 Å². The lowest BCUT2D eigenvalue weighted by Gasteiger charge is -2.36. The molecule has 1 unspecified atom stereocenters. The number of nitrogens with zero attached hydrogens (tertiary/aromatic N) is 4. The minimum atomic E-state index is 0.0642. The van der Waals surface area contributed by atoms with E-state index in [0.717, 1.165) is 44.7 Å². The number of piperidine rings is 1. The Morgan fingerprint density at radius 2 is 1.91 bits per heavy atom. The zero-order valence-electron chi connectivity index (χ0n) is 13.7. The molecule has 1 aromatic heterocycles. The molecule has 1 amide bonds. The second-order valence-electron chi connectivity index (χ2n) is 6.41. The number of amides is 1. The molecule has 5 heteroatoms. The van der Waals surface area contributed by atoms with Crippen LogP contribution in [0.5, 0.6) is 0 Å². The second-order valence-corrected chi connectivity index (χ2v) is 6.41. The number of carbonyl (C=O) groups is 1. The summed E-state index contributed by atoms with van der Waals surface area (Å²) in [6.07, 6.45) is 7.04. The third-order valence-electron chi connectivity index (χ3n) is 4.83. The van der Waals surface area contributed by atoms with Gasteiger partial charge < -0.3 is 9.80 Å². The average molecular weight is 302 g/mol. The summed E-state index contributed by atoms with van der Waals surface area (Å²) in [7, 11) is 0. The SMILES string of the molecule is CCC1CCCCN1c1cc(C(=O)N2CCCC2)nc(C)n1. The summed E-state index contributed by atoms with van der Waals surface area (Å²) in [4.78, 5) is 25.9. The summed E-state index contributed by atoms with van der Waals surface area (Å²) >= 11 is 0.